The van der Waals surface area contributed by atoms with Gasteiger partial charge in [-0.05, 0) is 30.5 Å². The van der Waals surface area contributed by atoms with Crippen LogP contribution in [-0.2, 0) is 39.6 Å². The van der Waals surface area contributed by atoms with Gasteiger partial charge in [-0.2, -0.15) is 0 Å². The van der Waals surface area contributed by atoms with E-state index in [1.165, 1.54) is 50.5 Å². The van der Waals surface area contributed by atoms with Gasteiger partial charge < -0.3 is 37.9 Å². The van der Waals surface area contributed by atoms with E-state index in [-0.39, 0.29) is 0 Å². The summed E-state index contributed by atoms with van der Waals surface area (Å²) in [5.41, 5.74) is 1.38. The molecule has 0 bridgehead atoms. The third kappa shape index (κ3) is 25.4. The first-order chi connectivity index (χ1) is 19.9. The molecule has 40 heavy (non-hydrogen) atoms. The van der Waals surface area contributed by atoms with Gasteiger partial charge in [0.2, 0.25) is 0 Å². The Morgan fingerprint density at radius 3 is 1.35 bits per heavy atom. The second-order valence-electron chi connectivity index (χ2n) is 9.40. The summed E-state index contributed by atoms with van der Waals surface area (Å²) < 4.78 is 43.8. The lowest BCUT2D eigenvalue weighted by molar-refractivity contribution is -0.0205. The number of benzene rings is 1. The minimum Gasteiger partial charge on any atom is -0.491 e. The maximum atomic E-state index is 5.77. The lowest BCUT2D eigenvalue weighted by Crippen LogP contribution is -2.15. The van der Waals surface area contributed by atoms with Crippen molar-refractivity contribution in [3.05, 3.63) is 42.5 Å². The fourth-order valence-electron chi connectivity index (χ4n) is 3.74. The van der Waals surface area contributed by atoms with Crippen LogP contribution >= 0.6 is 0 Å². The molecular weight excluding hydrogens is 512 g/mol. The highest BCUT2D eigenvalue weighted by molar-refractivity contribution is 5.27. The molecule has 0 radical (unpaired) electrons. The Balaban J connectivity index is 1.76. The van der Waals surface area contributed by atoms with E-state index < -0.39 is 0 Å². The van der Waals surface area contributed by atoms with E-state index in [1.807, 2.05) is 0 Å². The highest BCUT2D eigenvalue weighted by atomic mass is 16.6. The summed E-state index contributed by atoms with van der Waals surface area (Å²) >= 11 is 0. The number of hydrogen-bond donors (Lipinski definition) is 0. The Bertz CT molecular complexity index is 640. The largest absolute Gasteiger partial charge is 0.491 e. The summed E-state index contributed by atoms with van der Waals surface area (Å²) in [5, 5.41) is 0. The van der Waals surface area contributed by atoms with Gasteiger partial charge in [-0.3, -0.25) is 0 Å². The molecule has 8 heteroatoms. The smallest absolute Gasteiger partial charge is 0.119 e. The zero-order valence-corrected chi connectivity index (χ0v) is 25.1. The molecule has 0 unspecified atom stereocenters. The van der Waals surface area contributed by atoms with Gasteiger partial charge in [0.05, 0.1) is 92.5 Å². The third-order valence-corrected chi connectivity index (χ3v) is 5.96. The predicted molar refractivity (Wildman–Crippen MR) is 160 cm³/mol. The number of unbranched alkanes of at least 4 members (excludes halogenated alkanes) is 6. The average Bonchev–Trinajstić information content (AvgIpc) is 2.98. The Morgan fingerprint density at radius 1 is 0.500 bits per heavy atom. The van der Waals surface area contributed by atoms with Gasteiger partial charge in [-0.25, -0.2) is 0 Å². The molecule has 1 rings (SSSR count). The zero-order valence-electron chi connectivity index (χ0n) is 25.1. The molecular formula is C32H56O8. The van der Waals surface area contributed by atoms with Gasteiger partial charge >= 0.3 is 0 Å². The van der Waals surface area contributed by atoms with E-state index >= 15 is 0 Å². The molecule has 0 aromatic heterocycles. The zero-order chi connectivity index (χ0) is 28.6. The van der Waals surface area contributed by atoms with Crippen LogP contribution < -0.4 is 4.74 Å². The molecule has 0 amide bonds. The number of ether oxygens (including phenoxy) is 8. The molecule has 0 saturated heterocycles. The first-order valence-corrected chi connectivity index (χ1v) is 15.2. The van der Waals surface area contributed by atoms with Crippen molar-refractivity contribution in [3.63, 3.8) is 0 Å². The summed E-state index contributed by atoms with van der Waals surface area (Å²) in [5.74, 6) is 0.892. The SMILES string of the molecule is C=CCOCCOCCOCCOCCOCCOCCOCCOc1ccc(CCCCCCCCC)cc1. The number of hydrogen-bond acceptors (Lipinski definition) is 8. The van der Waals surface area contributed by atoms with E-state index in [1.54, 1.807) is 6.08 Å². The average molecular weight is 569 g/mol. The van der Waals surface area contributed by atoms with E-state index in [0.29, 0.717) is 99.1 Å². The van der Waals surface area contributed by atoms with Gasteiger partial charge in [0, 0.05) is 0 Å². The molecule has 0 aliphatic carbocycles. The Morgan fingerprint density at radius 2 is 0.900 bits per heavy atom. The lowest BCUT2D eigenvalue weighted by atomic mass is 10.0. The summed E-state index contributed by atoms with van der Waals surface area (Å²) in [6.07, 6.45) is 12.3. The van der Waals surface area contributed by atoms with Crippen LogP contribution in [0.5, 0.6) is 5.75 Å². The Kier molecular flexibility index (Phi) is 27.8. The van der Waals surface area contributed by atoms with Gasteiger partial charge in [0.1, 0.15) is 12.4 Å². The Hall–Kier alpha value is -1.52. The lowest BCUT2D eigenvalue weighted by Gasteiger charge is -2.09. The second-order valence-corrected chi connectivity index (χ2v) is 9.40. The van der Waals surface area contributed by atoms with Crippen LogP contribution in [0, 0.1) is 0 Å². The van der Waals surface area contributed by atoms with Gasteiger partial charge in [0.15, 0.2) is 0 Å². The first kappa shape index (κ1) is 36.5. The fourth-order valence-corrected chi connectivity index (χ4v) is 3.74. The standard InChI is InChI=1S/C32H56O8/c1-3-5-6-7-8-9-10-11-31-12-14-32(15-13-31)40-30-29-39-28-27-38-26-25-37-24-23-36-22-21-35-20-19-34-18-17-33-16-4-2/h4,12-15H,2-3,5-11,16-30H2,1H3. The van der Waals surface area contributed by atoms with Crippen molar-refractivity contribution in [2.75, 3.05) is 99.1 Å². The molecule has 0 aliphatic heterocycles. The summed E-state index contributed by atoms with van der Waals surface area (Å²) in [4.78, 5) is 0. The summed E-state index contributed by atoms with van der Waals surface area (Å²) in [6, 6.07) is 8.46. The van der Waals surface area contributed by atoms with Crippen molar-refractivity contribution in [2.45, 2.75) is 58.3 Å². The predicted octanol–water partition coefficient (Wildman–Crippen LogP) is 5.66. The molecule has 0 fully saturated rings. The molecule has 1 aromatic carbocycles. The molecule has 0 spiro atoms. The van der Waals surface area contributed by atoms with Crippen LogP contribution in [0.25, 0.3) is 0 Å². The van der Waals surface area contributed by atoms with Crippen LogP contribution in [0.3, 0.4) is 0 Å². The molecule has 0 atom stereocenters. The van der Waals surface area contributed by atoms with Crippen molar-refractivity contribution in [3.8, 4) is 5.75 Å². The van der Waals surface area contributed by atoms with Crippen molar-refractivity contribution in [1.29, 1.82) is 0 Å². The van der Waals surface area contributed by atoms with Crippen LogP contribution in [0.2, 0.25) is 0 Å². The van der Waals surface area contributed by atoms with E-state index in [2.05, 4.69) is 37.8 Å². The fraction of sp³-hybridized carbons (Fsp3) is 0.750. The second kappa shape index (κ2) is 30.4. The van der Waals surface area contributed by atoms with Crippen molar-refractivity contribution < 1.29 is 37.9 Å². The summed E-state index contributed by atoms with van der Waals surface area (Å²) in [7, 11) is 0. The molecule has 0 aliphatic rings. The first-order valence-electron chi connectivity index (χ1n) is 15.2. The van der Waals surface area contributed by atoms with Crippen molar-refractivity contribution in [2.24, 2.45) is 0 Å². The summed E-state index contributed by atoms with van der Waals surface area (Å²) in [6.45, 7) is 14.0. The maximum Gasteiger partial charge on any atom is 0.119 e. The maximum absolute atomic E-state index is 5.77. The van der Waals surface area contributed by atoms with Gasteiger partial charge in [0.25, 0.3) is 0 Å². The van der Waals surface area contributed by atoms with E-state index in [4.69, 9.17) is 37.9 Å². The minimum atomic E-state index is 0.533. The van der Waals surface area contributed by atoms with E-state index in [9.17, 15) is 0 Å². The highest BCUT2D eigenvalue weighted by Crippen LogP contribution is 2.15. The van der Waals surface area contributed by atoms with Crippen LogP contribution in [0.1, 0.15) is 57.4 Å². The van der Waals surface area contributed by atoms with Crippen LogP contribution in [0.4, 0.5) is 0 Å². The van der Waals surface area contributed by atoms with Crippen LogP contribution in [-0.4, -0.2) is 99.1 Å². The molecule has 0 heterocycles. The quantitative estimate of drug-likeness (QED) is 0.0814. The Labute approximate surface area is 243 Å². The van der Waals surface area contributed by atoms with Gasteiger partial charge in [-0.15, -0.1) is 6.58 Å². The highest BCUT2D eigenvalue weighted by Gasteiger charge is 1.98. The van der Waals surface area contributed by atoms with Crippen LogP contribution in [0.15, 0.2) is 36.9 Å². The molecule has 1 aromatic rings. The molecule has 232 valence electrons. The normalized spacial score (nSPS) is 11.2. The monoisotopic (exact) mass is 568 g/mol. The molecule has 8 nitrogen and oxygen atoms in total. The number of aryl methyl sites for hydroxylation is 1. The van der Waals surface area contributed by atoms with Crippen molar-refractivity contribution >= 4 is 0 Å². The van der Waals surface area contributed by atoms with Crippen molar-refractivity contribution in [1.82, 2.24) is 0 Å². The topological polar surface area (TPSA) is 73.8 Å². The minimum absolute atomic E-state index is 0.533. The number of rotatable bonds is 32. The van der Waals surface area contributed by atoms with E-state index in [0.717, 1.165) is 12.2 Å². The molecule has 0 saturated carbocycles. The van der Waals surface area contributed by atoms with Gasteiger partial charge in [-0.1, -0.05) is 63.7 Å². The third-order valence-electron chi connectivity index (χ3n) is 5.96. The molecule has 0 N–H and O–H groups in total.